The molecule has 0 atom stereocenters. The van der Waals surface area contributed by atoms with Crippen molar-refractivity contribution in [3.8, 4) is 0 Å². The molecule has 27 heavy (non-hydrogen) atoms. The van der Waals surface area contributed by atoms with E-state index in [1.165, 1.54) is 18.7 Å². The lowest BCUT2D eigenvalue weighted by Gasteiger charge is -2.08. The number of rotatable bonds is 5. The molecule has 2 heterocycles. The first-order chi connectivity index (χ1) is 13.1. The van der Waals surface area contributed by atoms with E-state index in [2.05, 4.69) is 20.5 Å². The topological polar surface area (TPSA) is 89.2 Å². The largest absolute Gasteiger partial charge is 0.325 e. The Morgan fingerprint density at radius 3 is 2.85 bits per heavy atom. The number of Topliss-reactive ketones (excluding diaryl/α,β-unsaturated/α-hetero) is 1. The van der Waals surface area contributed by atoms with Crippen molar-refractivity contribution in [2.75, 3.05) is 11.1 Å². The van der Waals surface area contributed by atoms with Crippen LogP contribution >= 0.6 is 11.8 Å². The van der Waals surface area contributed by atoms with Crippen LogP contribution in [0.3, 0.4) is 0 Å². The molecule has 1 N–H and O–H groups in total. The van der Waals surface area contributed by atoms with Gasteiger partial charge in [0.1, 0.15) is 11.4 Å². The van der Waals surface area contributed by atoms with Gasteiger partial charge in [0, 0.05) is 11.3 Å². The number of ketones is 1. The molecule has 0 bridgehead atoms. The predicted octanol–water partition coefficient (Wildman–Crippen LogP) is 3.21. The number of para-hydroxylation sites is 2. The summed E-state index contributed by atoms with van der Waals surface area (Å²) in [5, 5.41) is 11.5. The van der Waals surface area contributed by atoms with Gasteiger partial charge in [-0.25, -0.2) is 4.98 Å². The summed E-state index contributed by atoms with van der Waals surface area (Å²) in [4.78, 5) is 28.4. The van der Waals surface area contributed by atoms with Crippen LogP contribution in [0.4, 0.5) is 5.69 Å². The molecule has 0 unspecified atom stereocenters. The normalized spacial score (nSPS) is 11.0. The molecule has 0 saturated carbocycles. The third-order valence-corrected chi connectivity index (χ3v) is 4.95. The highest BCUT2D eigenvalue weighted by Crippen LogP contribution is 2.24. The van der Waals surface area contributed by atoms with Crippen molar-refractivity contribution in [3.63, 3.8) is 0 Å². The summed E-state index contributed by atoms with van der Waals surface area (Å²) in [6, 6.07) is 14.6. The van der Waals surface area contributed by atoms with E-state index in [0.717, 1.165) is 11.0 Å². The SMILES string of the molecule is CC(=O)c1cccc(NC(=O)CSc2nc3ccccc3n3cnnc23)c1. The summed E-state index contributed by atoms with van der Waals surface area (Å²) in [5.74, 6) is -0.0682. The lowest BCUT2D eigenvalue weighted by atomic mass is 10.1. The summed E-state index contributed by atoms with van der Waals surface area (Å²) in [7, 11) is 0. The fourth-order valence-electron chi connectivity index (χ4n) is 2.72. The molecule has 8 heteroatoms. The molecule has 4 rings (SSSR count). The highest BCUT2D eigenvalue weighted by atomic mass is 32.2. The van der Waals surface area contributed by atoms with Crippen molar-refractivity contribution in [3.05, 3.63) is 60.4 Å². The fraction of sp³-hybridized carbons (Fsp3) is 0.105. The summed E-state index contributed by atoms with van der Waals surface area (Å²) >= 11 is 1.29. The van der Waals surface area contributed by atoms with Crippen LogP contribution in [0, 0.1) is 0 Å². The van der Waals surface area contributed by atoms with Gasteiger partial charge >= 0.3 is 0 Å². The molecule has 0 aliphatic carbocycles. The zero-order valence-corrected chi connectivity index (χ0v) is 15.2. The van der Waals surface area contributed by atoms with Crippen molar-refractivity contribution in [1.29, 1.82) is 0 Å². The minimum Gasteiger partial charge on any atom is -0.325 e. The highest BCUT2D eigenvalue weighted by Gasteiger charge is 2.13. The molecule has 0 radical (unpaired) electrons. The minimum absolute atomic E-state index is 0.0463. The number of fused-ring (bicyclic) bond motifs is 3. The number of carbonyl (C=O) groups excluding carboxylic acids is 2. The van der Waals surface area contributed by atoms with E-state index in [9.17, 15) is 9.59 Å². The van der Waals surface area contributed by atoms with Crippen molar-refractivity contribution < 1.29 is 9.59 Å². The summed E-state index contributed by atoms with van der Waals surface area (Å²) in [6.07, 6.45) is 1.64. The first kappa shape index (κ1) is 17.2. The van der Waals surface area contributed by atoms with Crippen LogP contribution in [0.5, 0.6) is 0 Å². The Morgan fingerprint density at radius 2 is 2.00 bits per heavy atom. The Balaban J connectivity index is 1.53. The molecular formula is C19H15N5O2S. The molecule has 0 aliphatic heterocycles. The standard InChI is InChI=1S/C19H15N5O2S/c1-12(25)13-5-4-6-14(9-13)21-17(26)10-27-19-18-23-20-11-24(18)16-8-3-2-7-15(16)22-19/h2-9,11H,10H2,1H3,(H,21,26). The first-order valence-electron chi connectivity index (χ1n) is 8.24. The van der Waals surface area contributed by atoms with Gasteiger partial charge in [0.2, 0.25) is 5.91 Å². The number of anilines is 1. The molecule has 2 aromatic carbocycles. The monoisotopic (exact) mass is 377 g/mol. The molecule has 2 aromatic heterocycles. The second-order valence-corrected chi connectivity index (χ2v) is 6.87. The number of thioether (sulfide) groups is 1. The smallest absolute Gasteiger partial charge is 0.234 e. The first-order valence-corrected chi connectivity index (χ1v) is 9.22. The van der Waals surface area contributed by atoms with Crippen LogP contribution in [0.2, 0.25) is 0 Å². The molecule has 7 nitrogen and oxygen atoms in total. The zero-order valence-electron chi connectivity index (χ0n) is 14.4. The average Bonchev–Trinajstić information content (AvgIpc) is 3.16. The van der Waals surface area contributed by atoms with Crippen LogP contribution in [0.25, 0.3) is 16.7 Å². The van der Waals surface area contributed by atoms with Crippen molar-refractivity contribution in [1.82, 2.24) is 19.6 Å². The van der Waals surface area contributed by atoms with Crippen LogP contribution in [-0.2, 0) is 4.79 Å². The third kappa shape index (κ3) is 3.52. The second-order valence-electron chi connectivity index (χ2n) is 5.90. The van der Waals surface area contributed by atoms with Gasteiger partial charge in [-0.2, -0.15) is 0 Å². The van der Waals surface area contributed by atoms with E-state index in [-0.39, 0.29) is 17.4 Å². The van der Waals surface area contributed by atoms with E-state index < -0.39 is 0 Å². The van der Waals surface area contributed by atoms with Gasteiger partial charge in [-0.15, -0.1) is 10.2 Å². The van der Waals surface area contributed by atoms with E-state index >= 15 is 0 Å². The number of nitrogens with one attached hydrogen (secondary N) is 1. The van der Waals surface area contributed by atoms with Gasteiger partial charge in [-0.1, -0.05) is 36.0 Å². The Labute approximate surface area is 158 Å². The Morgan fingerprint density at radius 1 is 1.15 bits per heavy atom. The maximum Gasteiger partial charge on any atom is 0.234 e. The van der Waals surface area contributed by atoms with E-state index in [0.29, 0.717) is 21.9 Å². The van der Waals surface area contributed by atoms with Crippen molar-refractivity contribution in [2.45, 2.75) is 11.9 Å². The maximum atomic E-state index is 12.3. The Bertz CT molecular complexity index is 1170. The summed E-state index contributed by atoms with van der Waals surface area (Å²) in [5.41, 5.74) is 3.48. The van der Waals surface area contributed by atoms with Gasteiger partial charge in [0.05, 0.1) is 16.8 Å². The molecule has 134 valence electrons. The van der Waals surface area contributed by atoms with Crippen LogP contribution in [-0.4, -0.2) is 37.0 Å². The second kappa shape index (κ2) is 7.16. The van der Waals surface area contributed by atoms with Crippen LogP contribution in [0.15, 0.2) is 59.9 Å². The molecule has 0 fully saturated rings. The summed E-state index contributed by atoms with van der Waals surface area (Å²) in [6.45, 7) is 1.49. The lowest BCUT2D eigenvalue weighted by Crippen LogP contribution is -2.14. The van der Waals surface area contributed by atoms with Gasteiger partial charge in [0.25, 0.3) is 0 Å². The van der Waals surface area contributed by atoms with E-state index in [4.69, 9.17) is 0 Å². The van der Waals surface area contributed by atoms with E-state index in [1.807, 2.05) is 28.7 Å². The van der Waals surface area contributed by atoms with Gasteiger partial charge in [0.15, 0.2) is 11.4 Å². The van der Waals surface area contributed by atoms with Crippen LogP contribution < -0.4 is 5.32 Å². The predicted molar refractivity (Wildman–Crippen MR) is 104 cm³/mol. The molecule has 0 saturated heterocycles. The zero-order chi connectivity index (χ0) is 18.8. The van der Waals surface area contributed by atoms with Crippen molar-refractivity contribution >= 4 is 45.8 Å². The molecule has 0 aliphatic rings. The Hall–Kier alpha value is -3.26. The third-order valence-electron chi connectivity index (χ3n) is 4.00. The molecular weight excluding hydrogens is 362 g/mol. The van der Waals surface area contributed by atoms with Gasteiger partial charge < -0.3 is 5.32 Å². The molecule has 1 amide bonds. The number of benzene rings is 2. The molecule has 0 spiro atoms. The number of amides is 1. The number of nitrogens with zero attached hydrogens (tertiary/aromatic N) is 4. The van der Waals surface area contributed by atoms with Crippen molar-refractivity contribution in [2.24, 2.45) is 0 Å². The highest BCUT2D eigenvalue weighted by molar-refractivity contribution is 8.00. The average molecular weight is 377 g/mol. The lowest BCUT2D eigenvalue weighted by molar-refractivity contribution is -0.113. The number of hydrogen-bond donors (Lipinski definition) is 1. The number of carbonyl (C=O) groups is 2. The fourth-order valence-corrected chi connectivity index (χ4v) is 3.49. The number of aromatic nitrogens is 4. The minimum atomic E-state index is -0.187. The summed E-state index contributed by atoms with van der Waals surface area (Å²) < 4.78 is 1.86. The van der Waals surface area contributed by atoms with E-state index in [1.54, 1.807) is 30.6 Å². The maximum absolute atomic E-state index is 12.3. The van der Waals surface area contributed by atoms with Crippen LogP contribution in [0.1, 0.15) is 17.3 Å². The van der Waals surface area contributed by atoms with Gasteiger partial charge in [-0.05, 0) is 31.2 Å². The molecule has 4 aromatic rings. The Kier molecular flexibility index (Phi) is 4.55. The quantitative estimate of drug-likeness (QED) is 0.424. The number of hydrogen-bond acceptors (Lipinski definition) is 6. The van der Waals surface area contributed by atoms with Gasteiger partial charge in [-0.3, -0.25) is 14.0 Å².